The Morgan fingerprint density at radius 3 is 2.44 bits per heavy atom. The quantitative estimate of drug-likeness (QED) is 0.636. The predicted octanol–water partition coefficient (Wildman–Crippen LogP) is 4.30. The van der Waals surface area contributed by atoms with Crippen LogP contribution < -0.4 is 10.1 Å². The third-order valence-electron chi connectivity index (χ3n) is 3.77. The molecule has 0 aliphatic rings. The van der Waals surface area contributed by atoms with E-state index >= 15 is 0 Å². The van der Waals surface area contributed by atoms with Crippen molar-refractivity contribution in [3.05, 3.63) is 70.7 Å². The number of aromatic nitrogens is 1. The van der Waals surface area contributed by atoms with Crippen LogP contribution in [0.5, 0.6) is 11.5 Å². The molecular formula is C20H18N2O4S. The van der Waals surface area contributed by atoms with Crippen LogP contribution in [0.1, 0.15) is 23.5 Å². The van der Waals surface area contributed by atoms with E-state index in [9.17, 15) is 9.59 Å². The van der Waals surface area contributed by atoms with E-state index in [1.807, 2.05) is 30.3 Å². The Labute approximate surface area is 160 Å². The highest BCUT2D eigenvalue weighted by Crippen LogP contribution is 2.25. The van der Waals surface area contributed by atoms with Gasteiger partial charge in [0, 0.05) is 11.1 Å². The summed E-state index contributed by atoms with van der Waals surface area (Å²) in [6, 6.07) is 16.5. The monoisotopic (exact) mass is 382 g/mol. The second kappa shape index (κ2) is 8.46. The number of carbonyl (C=O) groups is 2. The highest BCUT2D eigenvalue weighted by atomic mass is 32.1. The molecule has 0 saturated carbocycles. The maximum Gasteiger partial charge on any atom is 0.309 e. The lowest BCUT2D eigenvalue weighted by Crippen LogP contribution is -2.18. The van der Waals surface area contributed by atoms with Gasteiger partial charge in [-0.1, -0.05) is 18.2 Å². The first-order valence-corrected chi connectivity index (χ1v) is 9.19. The van der Waals surface area contributed by atoms with Gasteiger partial charge in [0.05, 0.1) is 18.0 Å². The Morgan fingerprint density at radius 1 is 1.11 bits per heavy atom. The summed E-state index contributed by atoms with van der Waals surface area (Å²) in [5.74, 6) is -0.211. The third kappa shape index (κ3) is 5.15. The Kier molecular flexibility index (Phi) is 5.83. The van der Waals surface area contributed by atoms with Crippen molar-refractivity contribution in [2.45, 2.75) is 19.3 Å². The van der Waals surface area contributed by atoms with Crippen LogP contribution in [-0.2, 0) is 16.0 Å². The SMILES string of the molecule is C[C@H](C(=O)Nc1ccc(Oc2ccccc2)cc1)c1nc(CC(=O)O)cs1. The van der Waals surface area contributed by atoms with E-state index in [0.29, 0.717) is 22.1 Å². The van der Waals surface area contributed by atoms with Gasteiger partial charge in [-0.25, -0.2) is 4.98 Å². The molecule has 1 atom stereocenters. The Hall–Kier alpha value is -3.19. The molecule has 0 saturated heterocycles. The lowest BCUT2D eigenvalue weighted by molar-refractivity contribution is -0.136. The molecule has 0 unspecified atom stereocenters. The smallest absolute Gasteiger partial charge is 0.309 e. The number of carboxylic acid groups (broad SMARTS) is 1. The molecule has 0 spiro atoms. The van der Waals surface area contributed by atoms with Crippen molar-refractivity contribution in [1.29, 1.82) is 0 Å². The van der Waals surface area contributed by atoms with Gasteiger partial charge in [-0.2, -0.15) is 0 Å². The molecule has 2 aromatic carbocycles. The molecule has 3 rings (SSSR count). The fourth-order valence-electron chi connectivity index (χ4n) is 2.35. The van der Waals surface area contributed by atoms with Crippen molar-refractivity contribution in [3.8, 4) is 11.5 Å². The Morgan fingerprint density at radius 2 is 1.78 bits per heavy atom. The number of carboxylic acids is 1. The van der Waals surface area contributed by atoms with Gasteiger partial charge >= 0.3 is 5.97 Å². The van der Waals surface area contributed by atoms with Crippen molar-refractivity contribution < 1.29 is 19.4 Å². The highest BCUT2D eigenvalue weighted by molar-refractivity contribution is 7.09. The van der Waals surface area contributed by atoms with Crippen LogP contribution in [0, 0.1) is 0 Å². The van der Waals surface area contributed by atoms with Crippen LogP contribution in [0.3, 0.4) is 0 Å². The second-order valence-electron chi connectivity index (χ2n) is 5.90. The number of aliphatic carboxylic acids is 1. The number of benzene rings is 2. The summed E-state index contributed by atoms with van der Waals surface area (Å²) in [6.07, 6.45) is -0.145. The number of nitrogens with zero attached hydrogens (tertiary/aromatic N) is 1. The maximum absolute atomic E-state index is 12.4. The molecule has 1 amide bonds. The zero-order valence-corrected chi connectivity index (χ0v) is 15.4. The minimum absolute atomic E-state index is 0.145. The fraction of sp³-hybridized carbons (Fsp3) is 0.150. The van der Waals surface area contributed by atoms with Gasteiger partial charge in [0.1, 0.15) is 16.5 Å². The molecule has 1 aromatic heterocycles. The molecule has 3 aromatic rings. The van der Waals surface area contributed by atoms with Crippen LogP contribution >= 0.6 is 11.3 Å². The highest BCUT2D eigenvalue weighted by Gasteiger charge is 2.19. The molecule has 6 nitrogen and oxygen atoms in total. The zero-order chi connectivity index (χ0) is 19.2. The molecule has 0 bridgehead atoms. The first-order valence-electron chi connectivity index (χ1n) is 8.31. The van der Waals surface area contributed by atoms with Crippen molar-refractivity contribution in [2.24, 2.45) is 0 Å². The van der Waals surface area contributed by atoms with Crippen LogP contribution in [0.15, 0.2) is 60.0 Å². The molecular weight excluding hydrogens is 364 g/mol. The van der Waals surface area contributed by atoms with E-state index in [2.05, 4.69) is 10.3 Å². The van der Waals surface area contributed by atoms with E-state index in [0.717, 1.165) is 5.75 Å². The Balaban J connectivity index is 1.60. The van der Waals surface area contributed by atoms with E-state index in [1.54, 1.807) is 36.6 Å². The molecule has 2 N–H and O–H groups in total. The summed E-state index contributed by atoms with van der Waals surface area (Å²) < 4.78 is 5.72. The number of thiazole rings is 1. The molecule has 0 aliphatic heterocycles. The van der Waals surface area contributed by atoms with Gasteiger partial charge in [-0.3, -0.25) is 9.59 Å². The van der Waals surface area contributed by atoms with Gasteiger partial charge in [0.2, 0.25) is 5.91 Å². The van der Waals surface area contributed by atoms with Gasteiger partial charge in [0.25, 0.3) is 0 Å². The van der Waals surface area contributed by atoms with Crippen LogP contribution in [-0.4, -0.2) is 22.0 Å². The summed E-state index contributed by atoms with van der Waals surface area (Å²) in [6.45, 7) is 1.74. The summed E-state index contributed by atoms with van der Waals surface area (Å²) in [5.41, 5.74) is 1.11. The lowest BCUT2D eigenvalue weighted by atomic mass is 10.1. The van der Waals surface area contributed by atoms with Gasteiger partial charge in [0.15, 0.2) is 0 Å². The van der Waals surface area contributed by atoms with Crippen molar-refractivity contribution in [2.75, 3.05) is 5.32 Å². The number of hydrogen-bond donors (Lipinski definition) is 2. The zero-order valence-electron chi connectivity index (χ0n) is 14.6. The predicted molar refractivity (Wildman–Crippen MR) is 103 cm³/mol. The second-order valence-corrected chi connectivity index (χ2v) is 6.79. The number of carbonyl (C=O) groups excluding carboxylic acids is 1. The number of anilines is 1. The molecule has 27 heavy (non-hydrogen) atoms. The number of hydrogen-bond acceptors (Lipinski definition) is 5. The summed E-state index contributed by atoms with van der Waals surface area (Å²) in [7, 11) is 0. The van der Waals surface area contributed by atoms with E-state index in [4.69, 9.17) is 9.84 Å². The average Bonchev–Trinajstić information content (AvgIpc) is 3.11. The number of rotatable bonds is 7. The first-order chi connectivity index (χ1) is 13.0. The third-order valence-corrected chi connectivity index (χ3v) is 4.84. The Bertz CT molecular complexity index is 923. The molecule has 1 heterocycles. The summed E-state index contributed by atoms with van der Waals surface area (Å²) in [4.78, 5) is 27.4. The average molecular weight is 382 g/mol. The maximum atomic E-state index is 12.4. The van der Waals surface area contributed by atoms with Crippen molar-refractivity contribution in [1.82, 2.24) is 4.98 Å². The van der Waals surface area contributed by atoms with E-state index < -0.39 is 11.9 Å². The van der Waals surface area contributed by atoms with E-state index in [1.165, 1.54) is 11.3 Å². The van der Waals surface area contributed by atoms with Crippen LogP contribution in [0.25, 0.3) is 0 Å². The molecule has 7 heteroatoms. The summed E-state index contributed by atoms with van der Waals surface area (Å²) in [5, 5.41) is 13.9. The van der Waals surface area contributed by atoms with Gasteiger partial charge < -0.3 is 15.2 Å². The largest absolute Gasteiger partial charge is 0.481 e. The number of para-hydroxylation sites is 1. The van der Waals surface area contributed by atoms with Crippen LogP contribution in [0.4, 0.5) is 5.69 Å². The van der Waals surface area contributed by atoms with Crippen LogP contribution in [0.2, 0.25) is 0 Å². The molecule has 0 fully saturated rings. The van der Waals surface area contributed by atoms with Gasteiger partial charge in [-0.05, 0) is 43.3 Å². The topological polar surface area (TPSA) is 88.5 Å². The molecule has 0 radical (unpaired) electrons. The minimum atomic E-state index is -0.943. The normalized spacial score (nSPS) is 11.6. The number of amides is 1. The number of nitrogens with one attached hydrogen (secondary N) is 1. The van der Waals surface area contributed by atoms with Crippen molar-refractivity contribution in [3.63, 3.8) is 0 Å². The minimum Gasteiger partial charge on any atom is -0.481 e. The van der Waals surface area contributed by atoms with E-state index in [-0.39, 0.29) is 12.3 Å². The standard InChI is InChI=1S/C20H18N2O4S/c1-13(20-22-15(12-27-20)11-18(23)24)19(25)21-14-7-9-17(10-8-14)26-16-5-3-2-4-6-16/h2-10,12-13H,11H2,1H3,(H,21,25)(H,23,24)/t13-/m1/s1. The summed E-state index contributed by atoms with van der Waals surface area (Å²) >= 11 is 1.29. The fourth-order valence-corrected chi connectivity index (χ4v) is 3.23. The molecule has 0 aliphatic carbocycles. The van der Waals surface area contributed by atoms with Crippen molar-refractivity contribution >= 4 is 28.9 Å². The molecule has 138 valence electrons. The number of ether oxygens (including phenoxy) is 1. The first kappa shape index (κ1) is 18.6. The van der Waals surface area contributed by atoms with Gasteiger partial charge in [-0.15, -0.1) is 11.3 Å². The lowest BCUT2D eigenvalue weighted by Gasteiger charge is -2.11.